The van der Waals surface area contributed by atoms with Crippen LogP contribution in [0.1, 0.15) is 28.4 Å². The number of nitrogens with zero attached hydrogens (tertiary/aromatic N) is 1. The molecule has 0 radical (unpaired) electrons. The van der Waals surface area contributed by atoms with Crippen molar-refractivity contribution in [2.45, 2.75) is 12.5 Å². The summed E-state index contributed by atoms with van der Waals surface area (Å²) in [6, 6.07) is 12.0. The molecule has 140 valence electrons. The van der Waals surface area contributed by atoms with Crippen LogP contribution in [-0.2, 0) is 4.79 Å². The summed E-state index contributed by atoms with van der Waals surface area (Å²) in [5, 5.41) is 5.23. The maximum atomic E-state index is 12.5. The van der Waals surface area contributed by atoms with Crippen LogP contribution in [0.15, 0.2) is 51.9 Å². The second kappa shape index (κ2) is 8.22. The zero-order chi connectivity index (χ0) is 19.4. The third kappa shape index (κ3) is 4.46. The molecule has 0 aromatic heterocycles. The Morgan fingerprint density at radius 1 is 1.15 bits per heavy atom. The van der Waals surface area contributed by atoms with Crippen molar-refractivity contribution < 1.29 is 19.1 Å². The lowest BCUT2D eigenvalue weighted by molar-refractivity contribution is -0.120. The molecule has 0 unspecified atom stereocenters. The van der Waals surface area contributed by atoms with E-state index in [9.17, 15) is 9.59 Å². The van der Waals surface area contributed by atoms with E-state index in [-0.39, 0.29) is 24.3 Å². The van der Waals surface area contributed by atoms with E-state index in [4.69, 9.17) is 9.47 Å². The van der Waals surface area contributed by atoms with E-state index in [1.807, 2.05) is 24.3 Å². The summed E-state index contributed by atoms with van der Waals surface area (Å²) in [4.78, 5) is 29.0. The Morgan fingerprint density at radius 3 is 2.52 bits per heavy atom. The van der Waals surface area contributed by atoms with Crippen molar-refractivity contribution in [2.24, 2.45) is 4.99 Å². The third-order valence-corrected chi connectivity index (χ3v) is 4.58. The van der Waals surface area contributed by atoms with E-state index >= 15 is 0 Å². The number of hydrogen-bond donors (Lipinski definition) is 2. The van der Waals surface area contributed by atoms with E-state index in [0.717, 1.165) is 10.0 Å². The van der Waals surface area contributed by atoms with Crippen molar-refractivity contribution in [3.63, 3.8) is 0 Å². The minimum absolute atomic E-state index is 0.124. The predicted octanol–water partition coefficient (Wildman–Crippen LogP) is 2.81. The van der Waals surface area contributed by atoms with Gasteiger partial charge in [-0.25, -0.2) is 4.99 Å². The third-order valence-electron chi connectivity index (χ3n) is 4.05. The van der Waals surface area contributed by atoms with Crippen molar-refractivity contribution in [1.82, 2.24) is 10.6 Å². The number of amides is 2. The lowest BCUT2D eigenvalue weighted by Crippen LogP contribution is -2.47. The average Bonchev–Trinajstić information content (AvgIpc) is 2.67. The smallest absolute Gasteiger partial charge is 0.258 e. The van der Waals surface area contributed by atoms with Gasteiger partial charge in [0.25, 0.3) is 5.91 Å². The number of rotatable bonds is 4. The fourth-order valence-electron chi connectivity index (χ4n) is 2.69. The molecule has 27 heavy (non-hydrogen) atoms. The van der Waals surface area contributed by atoms with Crippen molar-refractivity contribution in [3.05, 3.63) is 58.1 Å². The highest BCUT2D eigenvalue weighted by Gasteiger charge is 2.24. The van der Waals surface area contributed by atoms with Crippen LogP contribution in [0.25, 0.3) is 0 Å². The molecule has 0 saturated heterocycles. The van der Waals surface area contributed by atoms with E-state index in [1.165, 1.54) is 14.2 Å². The van der Waals surface area contributed by atoms with Crippen LogP contribution in [0.4, 0.5) is 0 Å². The molecule has 0 aliphatic carbocycles. The van der Waals surface area contributed by atoms with Crippen molar-refractivity contribution in [2.75, 3.05) is 14.2 Å². The summed E-state index contributed by atoms with van der Waals surface area (Å²) in [5.41, 5.74) is 1.25. The second-order valence-electron chi connectivity index (χ2n) is 5.82. The minimum atomic E-state index is -0.411. The summed E-state index contributed by atoms with van der Waals surface area (Å²) in [6.07, 6.45) is 0.220. The van der Waals surface area contributed by atoms with Crippen LogP contribution < -0.4 is 20.1 Å². The van der Waals surface area contributed by atoms with Crippen molar-refractivity contribution in [1.29, 1.82) is 0 Å². The highest BCUT2D eigenvalue weighted by Crippen LogP contribution is 2.28. The number of methoxy groups -OCH3 is 2. The summed E-state index contributed by atoms with van der Waals surface area (Å²) in [7, 11) is 3.01. The number of aliphatic imine (C=N–C) groups is 1. The summed E-state index contributed by atoms with van der Waals surface area (Å²) >= 11 is 3.38. The second-order valence-corrected chi connectivity index (χ2v) is 6.74. The highest BCUT2D eigenvalue weighted by atomic mass is 79.9. The van der Waals surface area contributed by atoms with Crippen LogP contribution >= 0.6 is 15.9 Å². The van der Waals surface area contributed by atoms with Gasteiger partial charge >= 0.3 is 0 Å². The van der Waals surface area contributed by atoms with Gasteiger partial charge in [-0.2, -0.15) is 0 Å². The normalized spacial score (nSPS) is 16.2. The Morgan fingerprint density at radius 2 is 1.85 bits per heavy atom. The van der Waals surface area contributed by atoms with Crippen LogP contribution in [0.2, 0.25) is 0 Å². The van der Waals surface area contributed by atoms with Gasteiger partial charge in [-0.1, -0.05) is 28.1 Å². The van der Waals surface area contributed by atoms with E-state index < -0.39 is 5.91 Å². The molecule has 0 bridgehead atoms. The first-order valence-electron chi connectivity index (χ1n) is 8.16. The number of halogens is 1. The van der Waals surface area contributed by atoms with Gasteiger partial charge in [0.2, 0.25) is 11.9 Å². The molecule has 1 atom stereocenters. The number of carbonyl (C=O) groups is 2. The number of benzene rings is 2. The van der Waals surface area contributed by atoms with Gasteiger partial charge in [-0.3, -0.25) is 20.2 Å². The molecule has 1 aliphatic rings. The van der Waals surface area contributed by atoms with Gasteiger partial charge in [-0.15, -0.1) is 0 Å². The van der Waals surface area contributed by atoms with E-state index in [0.29, 0.717) is 17.1 Å². The molecule has 3 rings (SSSR count). The van der Waals surface area contributed by atoms with E-state index in [2.05, 4.69) is 31.6 Å². The molecule has 0 spiro atoms. The molecule has 8 heteroatoms. The molecule has 0 fully saturated rings. The quantitative estimate of drug-likeness (QED) is 0.778. The molecule has 2 amide bonds. The lowest BCUT2D eigenvalue weighted by atomic mass is 10.0. The highest BCUT2D eigenvalue weighted by molar-refractivity contribution is 9.10. The fraction of sp³-hybridized carbons (Fsp3) is 0.211. The Balaban J connectivity index is 1.80. The maximum absolute atomic E-state index is 12.5. The van der Waals surface area contributed by atoms with Crippen molar-refractivity contribution >= 4 is 33.7 Å². The standard InChI is InChI=1S/C19H18BrN3O4/c1-26-15-8-5-12(9-16(15)27-2)18(25)23-19-21-14(10-17(24)22-19)11-3-6-13(20)7-4-11/h3-9,14H,10H2,1-2H3,(H2,21,22,23,24,25)/t14-/m0/s1. The van der Waals surface area contributed by atoms with E-state index in [1.54, 1.807) is 18.2 Å². The molecule has 2 aromatic rings. The van der Waals surface area contributed by atoms with Gasteiger partial charge in [-0.05, 0) is 35.9 Å². The number of carbonyl (C=O) groups excluding carboxylic acids is 2. The molecule has 1 heterocycles. The Labute approximate surface area is 164 Å². The van der Waals surface area contributed by atoms with Gasteiger partial charge in [0, 0.05) is 10.0 Å². The first-order chi connectivity index (χ1) is 13.0. The number of ether oxygens (including phenoxy) is 2. The first-order valence-corrected chi connectivity index (χ1v) is 8.96. The van der Waals surface area contributed by atoms with Gasteiger partial charge in [0.15, 0.2) is 11.5 Å². The summed E-state index contributed by atoms with van der Waals surface area (Å²) in [5.74, 6) is 0.464. The van der Waals surface area contributed by atoms with Crippen molar-refractivity contribution in [3.8, 4) is 11.5 Å². The topological polar surface area (TPSA) is 89.0 Å². The lowest BCUT2D eigenvalue weighted by Gasteiger charge is -2.21. The molecular weight excluding hydrogens is 414 g/mol. The Bertz CT molecular complexity index is 896. The molecule has 0 saturated carbocycles. The van der Waals surface area contributed by atoms with Gasteiger partial charge in [0.1, 0.15) is 0 Å². The summed E-state index contributed by atoms with van der Waals surface area (Å²) in [6.45, 7) is 0. The molecular formula is C19H18BrN3O4. The van der Waals surface area contributed by atoms with Gasteiger partial charge < -0.3 is 9.47 Å². The molecule has 2 N–H and O–H groups in total. The predicted molar refractivity (Wildman–Crippen MR) is 104 cm³/mol. The maximum Gasteiger partial charge on any atom is 0.258 e. The molecule has 7 nitrogen and oxygen atoms in total. The first kappa shape index (κ1) is 18.9. The Kier molecular flexibility index (Phi) is 5.75. The number of nitrogens with one attached hydrogen (secondary N) is 2. The summed E-state index contributed by atoms with van der Waals surface area (Å²) < 4.78 is 11.3. The van der Waals surface area contributed by atoms with Crippen LogP contribution in [0.3, 0.4) is 0 Å². The molecule has 2 aromatic carbocycles. The van der Waals surface area contributed by atoms with Crippen LogP contribution in [0, 0.1) is 0 Å². The monoisotopic (exact) mass is 431 g/mol. The fourth-order valence-corrected chi connectivity index (χ4v) is 2.95. The number of guanidine groups is 1. The van der Waals surface area contributed by atoms with Gasteiger partial charge in [0.05, 0.1) is 26.7 Å². The SMILES string of the molecule is COc1ccc(C(=O)NC2=N[C@H](c3ccc(Br)cc3)CC(=O)N2)cc1OC. The molecule has 1 aliphatic heterocycles. The number of hydrogen-bond acceptors (Lipinski definition) is 5. The van der Waals surface area contributed by atoms with Crippen LogP contribution in [0.5, 0.6) is 11.5 Å². The largest absolute Gasteiger partial charge is 0.493 e. The zero-order valence-corrected chi connectivity index (χ0v) is 16.4. The minimum Gasteiger partial charge on any atom is -0.493 e. The zero-order valence-electron chi connectivity index (χ0n) is 14.8. The Hall–Kier alpha value is -2.87. The van der Waals surface area contributed by atoms with Crippen LogP contribution in [-0.4, -0.2) is 32.0 Å². The average molecular weight is 432 g/mol.